The van der Waals surface area contributed by atoms with Crippen LogP contribution in [-0.4, -0.2) is 25.0 Å². The van der Waals surface area contributed by atoms with E-state index in [1.165, 1.54) is 0 Å². The summed E-state index contributed by atoms with van der Waals surface area (Å²) in [6.07, 6.45) is 0.758. The van der Waals surface area contributed by atoms with Crippen LogP contribution in [0.1, 0.15) is 18.9 Å². The molecule has 0 radical (unpaired) electrons. The molecule has 25 heavy (non-hydrogen) atoms. The van der Waals surface area contributed by atoms with Crippen LogP contribution in [0.2, 0.25) is 5.02 Å². The lowest BCUT2D eigenvalue weighted by molar-refractivity contribution is 0.355. The van der Waals surface area contributed by atoms with Gasteiger partial charge in [-0.3, -0.25) is 5.43 Å². The lowest BCUT2D eigenvalue weighted by Crippen LogP contribution is -2.25. The van der Waals surface area contributed by atoms with Crippen LogP contribution in [0, 0.1) is 0 Å². The molecule has 0 aliphatic carbocycles. The quantitative estimate of drug-likeness (QED) is 0.442. The van der Waals surface area contributed by atoms with Crippen LogP contribution in [0.4, 0.5) is 5.69 Å². The summed E-state index contributed by atoms with van der Waals surface area (Å²) in [4.78, 5) is 0. The fourth-order valence-corrected chi connectivity index (χ4v) is 2.47. The first-order valence-corrected chi connectivity index (χ1v) is 8.47. The third kappa shape index (κ3) is 5.34. The van der Waals surface area contributed by atoms with Crippen molar-refractivity contribution in [3.05, 3.63) is 53.1 Å². The van der Waals surface area contributed by atoms with E-state index in [9.17, 15) is 0 Å². The number of rotatable bonds is 6. The van der Waals surface area contributed by atoms with Gasteiger partial charge in [0.25, 0.3) is 0 Å². The van der Waals surface area contributed by atoms with Gasteiger partial charge in [0.15, 0.2) is 16.6 Å². The van der Waals surface area contributed by atoms with E-state index < -0.39 is 0 Å². The van der Waals surface area contributed by atoms with Gasteiger partial charge >= 0.3 is 0 Å². The number of ether oxygens (including phenoxy) is 2. The van der Waals surface area contributed by atoms with E-state index in [1.807, 2.05) is 37.3 Å². The molecule has 0 amide bonds. The minimum absolute atomic E-state index is 0.382. The van der Waals surface area contributed by atoms with Gasteiger partial charge in [0.2, 0.25) is 0 Å². The number of nitrogens with zero attached hydrogens (tertiary/aromatic N) is 1. The number of hydrogen-bond acceptors (Lipinski definition) is 4. The van der Waals surface area contributed by atoms with Gasteiger partial charge in [0, 0.05) is 16.8 Å². The second-order valence-corrected chi connectivity index (χ2v) is 5.90. The topological polar surface area (TPSA) is 54.9 Å². The molecule has 0 spiro atoms. The molecule has 7 heteroatoms. The molecule has 5 nitrogen and oxygen atoms in total. The maximum Gasteiger partial charge on any atom is 0.191 e. The smallest absolute Gasteiger partial charge is 0.191 e. The van der Waals surface area contributed by atoms with E-state index >= 15 is 0 Å². The normalized spacial score (nSPS) is 11.0. The highest BCUT2D eigenvalue weighted by atomic mass is 35.5. The summed E-state index contributed by atoms with van der Waals surface area (Å²) < 4.78 is 10.5. The van der Waals surface area contributed by atoms with E-state index in [4.69, 9.17) is 33.3 Å². The number of hydrogen-bond donors (Lipinski definition) is 2. The zero-order chi connectivity index (χ0) is 18.2. The highest BCUT2D eigenvalue weighted by molar-refractivity contribution is 7.80. The maximum absolute atomic E-state index is 5.92. The number of hydrazone groups is 1. The predicted octanol–water partition coefficient (Wildman–Crippen LogP) is 4.46. The van der Waals surface area contributed by atoms with Crippen LogP contribution < -0.4 is 20.2 Å². The van der Waals surface area contributed by atoms with Crippen molar-refractivity contribution in [3.63, 3.8) is 0 Å². The fraction of sp³-hybridized carbons (Fsp3) is 0.222. The van der Waals surface area contributed by atoms with Crippen LogP contribution >= 0.6 is 23.8 Å². The lowest BCUT2D eigenvalue weighted by Gasteiger charge is -2.12. The molecule has 2 aromatic rings. The minimum Gasteiger partial charge on any atom is -0.493 e. The summed E-state index contributed by atoms with van der Waals surface area (Å²) in [6.45, 7) is 2.03. The Bertz CT molecular complexity index is 763. The predicted molar refractivity (Wildman–Crippen MR) is 107 cm³/mol. The molecule has 2 aromatic carbocycles. The van der Waals surface area contributed by atoms with E-state index in [2.05, 4.69) is 15.8 Å². The van der Waals surface area contributed by atoms with Crippen molar-refractivity contribution in [2.24, 2.45) is 5.10 Å². The maximum atomic E-state index is 5.92. The first kappa shape index (κ1) is 19.0. The number of benzene rings is 2. The van der Waals surface area contributed by atoms with E-state index in [0.717, 1.165) is 23.4 Å². The molecule has 0 atom stereocenters. The Hall–Kier alpha value is -2.31. The van der Waals surface area contributed by atoms with Crippen molar-refractivity contribution in [2.45, 2.75) is 13.3 Å². The Balaban J connectivity index is 2.05. The standard InChI is InChI=1S/C18H20ClN3O2S/c1-4-15(12-5-7-13(19)8-6-12)21-22-18(25)20-14-9-10-16(23-2)17(11-14)24-3/h5-11H,4H2,1-3H3,(H2,20,22,25)/b21-15-. The second kappa shape index (κ2) is 9.25. The second-order valence-electron chi connectivity index (χ2n) is 5.05. The average molecular weight is 378 g/mol. The number of anilines is 1. The van der Waals surface area contributed by atoms with Crippen molar-refractivity contribution >= 4 is 40.3 Å². The molecule has 0 saturated heterocycles. The summed E-state index contributed by atoms with van der Waals surface area (Å²) in [5.74, 6) is 1.27. The first-order valence-electron chi connectivity index (χ1n) is 7.69. The molecule has 132 valence electrons. The van der Waals surface area contributed by atoms with Crippen LogP contribution in [-0.2, 0) is 0 Å². The molecular weight excluding hydrogens is 358 g/mol. The molecule has 0 aromatic heterocycles. The number of nitrogens with one attached hydrogen (secondary N) is 2. The van der Waals surface area contributed by atoms with Gasteiger partial charge < -0.3 is 14.8 Å². The van der Waals surface area contributed by atoms with Crippen molar-refractivity contribution in [2.75, 3.05) is 19.5 Å². The molecule has 2 rings (SSSR count). The molecule has 0 bridgehead atoms. The Labute approximate surface area is 158 Å². The average Bonchev–Trinajstić information content (AvgIpc) is 2.63. The molecule has 0 aliphatic rings. The van der Waals surface area contributed by atoms with E-state index in [-0.39, 0.29) is 0 Å². The Morgan fingerprint density at radius 1 is 1.08 bits per heavy atom. The van der Waals surface area contributed by atoms with Gasteiger partial charge in [0.05, 0.1) is 19.9 Å². The Morgan fingerprint density at radius 2 is 1.76 bits per heavy atom. The molecule has 2 N–H and O–H groups in total. The monoisotopic (exact) mass is 377 g/mol. The van der Waals surface area contributed by atoms with Gasteiger partial charge in [-0.2, -0.15) is 5.10 Å². The minimum atomic E-state index is 0.382. The molecule has 0 saturated carbocycles. The highest BCUT2D eigenvalue weighted by Crippen LogP contribution is 2.29. The van der Waals surface area contributed by atoms with Crippen molar-refractivity contribution in [1.29, 1.82) is 0 Å². The van der Waals surface area contributed by atoms with Crippen molar-refractivity contribution < 1.29 is 9.47 Å². The molecule has 0 heterocycles. The van der Waals surface area contributed by atoms with Gasteiger partial charge in [-0.1, -0.05) is 30.7 Å². The van der Waals surface area contributed by atoms with Crippen LogP contribution in [0.15, 0.2) is 47.6 Å². The largest absolute Gasteiger partial charge is 0.493 e. The molecule has 0 fully saturated rings. The summed E-state index contributed by atoms with van der Waals surface area (Å²) in [5.41, 5.74) is 5.51. The van der Waals surface area contributed by atoms with Crippen LogP contribution in [0.25, 0.3) is 0 Å². The van der Waals surface area contributed by atoms with Gasteiger partial charge in [-0.05, 0) is 48.5 Å². The zero-order valence-electron chi connectivity index (χ0n) is 14.3. The zero-order valence-corrected chi connectivity index (χ0v) is 15.9. The number of halogens is 1. The van der Waals surface area contributed by atoms with Crippen molar-refractivity contribution in [3.8, 4) is 11.5 Å². The Kier molecular flexibility index (Phi) is 7.03. The highest BCUT2D eigenvalue weighted by Gasteiger charge is 2.06. The first-order chi connectivity index (χ1) is 12.1. The third-order valence-electron chi connectivity index (χ3n) is 3.45. The van der Waals surface area contributed by atoms with Crippen LogP contribution in [0.3, 0.4) is 0 Å². The van der Waals surface area contributed by atoms with E-state index in [0.29, 0.717) is 21.6 Å². The number of thiocarbonyl (C=S) groups is 1. The van der Waals surface area contributed by atoms with Gasteiger partial charge in [-0.15, -0.1) is 0 Å². The summed E-state index contributed by atoms with van der Waals surface area (Å²) in [5, 5.41) is 8.52. The summed E-state index contributed by atoms with van der Waals surface area (Å²) in [6, 6.07) is 13.0. The van der Waals surface area contributed by atoms with Crippen LogP contribution in [0.5, 0.6) is 11.5 Å². The number of methoxy groups -OCH3 is 2. The van der Waals surface area contributed by atoms with E-state index in [1.54, 1.807) is 26.4 Å². The molecule has 0 unspecified atom stereocenters. The fourth-order valence-electron chi connectivity index (χ4n) is 2.18. The summed E-state index contributed by atoms with van der Waals surface area (Å²) >= 11 is 11.2. The lowest BCUT2D eigenvalue weighted by atomic mass is 10.1. The summed E-state index contributed by atoms with van der Waals surface area (Å²) in [7, 11) is 3.18. The van der Waals surface area contributed by atoms with Crippen molar-refractivity contribution in [1.82, 2.24) is 5.43 Å². The van der Waals surface area contributed by atoms with Gasteiger partial charge in [0.1, 0.15) is 0 Å². The molecular formula is C18H20ClN3O2S. The SMILES string of the molecule is CC/C(=N/NC(=S)Nc1ccc(OC)c(OC)c1)c1ccc(Cl)cc1. The van der Waals surface area contributed by atoms with Gasteiger partial charge in [-0.25, -0.2) is 0 Å². The Morgan fingerprint density at radius 3 is 2.36 bits per heavy atom. The molecule has 0 aliphatic heterocycles. The third-order valence-corrected chi connectivity index (χ3v) is 3.89.